The molecule has 8 nitrogen and oxygen atoms in total. The number of nitrogens with one attached hydrogen (secondary N) is 2. The molecule has 0 bridgehead atoms. The zero-order chi connectivity index (χ0) is 19.9. The second kappa shape index (κ2) is 9.09. The quantitative estimate of drug-likeness (QED) is 0.566. The number of carbonyl (C=O) groups excluding carboxylic acids is 3. The Kier molecular flexibility index (Phi) is 6.33. The molecule has 1 aliphatic rings. The predicted octanol–water partition coefficient (Wildman–Crippen LogP) is 1.74. The van der Waals surface area contributed by atoms with E-state index in [4.69, 9.17) is 11.6 Å². The number of anilines is 1. The number of amides is 3. The van der Waals surface area contributed by atoms with Crippen LogP contribution in [0.25, 0.3) is 6.08 Å². The van der Waals surface area contributed by atoms with Crippen molar-refractivity contribution < 1.29 is 14.4 Å². The van der Waals surface area contributed by atoms with Gasteiger partial charge in [-0.3, -0.25) is 19.7 Å². The number of rotatable bonds is 6. The van der Waals surface area contributed by atoms with Crippen molar-refractivity contribution in [2.24, 2.45) is 0 Å². The first-order valence-electron chi connectivity index (χ1n) is 8.61. The van der Waals surface area contributed by atoms with Gasteiger partial charge in [-0.1, -0.05) is 23.7 Å². The van der Waals surface area contributed by atoms with Gasteiger partial charge in [-0.05, 0) is 30.2 Å². The lowest BCUT2D eigenvalue weighted by molar-refractivity contribution is -0.121. The van der Waals surface area contributed by atoms with Gasteiger partial charge in [0.25, 0.3) is 5.91 Å². The Morgan fingerprint density at radius 1 is 1.18 bits per heavy atom. The van der Waals surface area contributed by atoms with E-state index >= 15 is 0 Å². The lowest BCUT2D eigenvalue weighted by Crippen LogP contribution is -2.31. The summed E-state index contributed by atoms with van der Waals surface area (Å²) in [7, 11) is 0. The molecule has 144 valence electrons. The maximum Gasteiger partial charge on any atom is 0.253 e. The molecule has 0 aliphatic carbocycles. The predicted molar refractivity (Wildman–Crippen MR) is 105 cm³/mol. The van der Waals surface area contributed by atoms with Gasteiger partial charge in [0.15, 0.2) is 0 Å². The summed E-state index contributed by atoms with van der Waals surface area (Å²) in [6.07, 6.45) is 6.98. The Balaban J connectivity index is 1.56. The van der Waals surface area contributed by atoms with E-state index in [1.165, 1.54) is 18.5 Å². The average molecular weight is 400 g/mol. The minimum absolute atomic E-state index is 0.0597. The van der Waals surface area contributed by atoms with Gasteiger partial charge in [0.2, 0.25) is 18.3 Å². The Labute approximate surface area is 166 Å². The SMILES string of the molecule is O=CNC(=O)C=Cc1ccc(C(=O)N2CC[C@H](Nc3ncc(Cl)cn3)C2)cc1. The number of likely N-dealkylation sites (tertiary alicyclic amines) is 1. The Hall–Kier alpha value is -3.26. The lowest BCUT2D eigenvalue weighted by atomic mass is 10.1. The largest absolute Gasteiger partial charge is 0.350 e. The van der Waals surface area contributed by atoms with E-state index in [1.54, 1.807) is 35.2 Å². The Morgan fingerprint density at radius 3 is 2.57 bits per heavy atom. The molecule has 9 heteroatoms. The molecule has 1 aromatic carbocycles. The monoisotopic (exact) mass is 399 g/mol. The number of hydrogen-bond acceptors (Lipinski definition) is 6. The average Bonchev–Trinajstić information content (AvgIpc) is 3.17. The smallest absolute Gasteiger partial charge is 0.253 e. The van der Waals surface area contributed by atoms with Gasteiger partial charge >= 0.3 is 0 Å². The van der Waals surface area contributed by atoms with Crippen molar-refractivity contribution in [3.8, 4) is 0 Å². The summed E-state index contributed by atoms with van der Waals surface area (Å²) in [4.78, 5) is 44.1. The summed E-state index contributed by atoms with van der Waals surface area (Å²) in [6, 6.07) is 6.98. The summed E-state index contributed by atoms with van der Waals surface area (Å²) in [5, 5.41) is 5.69. The van der Waals surface area contributed by atoms with Gasteiger partial charge in [-0.25, -0.2) is 9.97 Å². The summed E-state index contributed by atoms with van der Waals surface area (Å²) in [5.41, 5.74) is 1.32. The van der Waals surface area contributed by atoms with Crippen LogP contribution in [0.1, 0.15) is 22.3 Å². The molecule has 1 fully saturated rings. The normalized spacial score (nSPS) is 16.2. The van der Waals surface area contributed by atoms with Crippen LogP contribution in [0.3, 0.4) is 0 Å². The van der Waals surface area contributed by atoms with E-state index in [2.05, 4.69) is 15.3 Å². The number of aromatic nitrogens is 2. The number of carbonyl (C=O) groups is 3. The molecule has 3 amide bonds. The standard InChI is InChI=1S/C19H18ClN5O3/c20-15-9-21-19(22-10-15)24-16-7-8-25(11-16)18(28)14-4-1-13(2-5-14)3-6-17(27)23-12-26/h1-6,9-10,12,16H,7-8,11H2,(H,21,22,24)(H,23,26,27)/t16-/m0/s1. The number of imide groups is 1. The van der Waals surface area contributed by atoms with Crippen LogP contribution in [-0.4, -0.2) is 52.2 Å². The summed E-state index contributed by atoms with van der Waals surface area (Å²) >= 11 is 5.78. The third kappa shape index (κ3) is 5.14. The van der Waals surface area contributed by atoms with Crippen LogP contribution in [0.2, 0.25) is 5.02 Å². The maximum atomic E-state index is 12.7. The Bertz CT molecular complexity index is 883. The van der Waals surface area contributed by atoms with Crippen molar-refractivity contribution in [1.29, 1.82) is 0 Å². The van der Waals surface area contributed by atoms with Crippen LogP contribution in [-0.2, 0) is 9.59 Å². The van der Waals surface area contributed by atoms with Crippen molar-refractivity contribution in [2.75, 3.05) is 18.4 Å². The first-order valence-corrected chi connectivity index (χ1v) is 8.98. The van der Waals surface area contributed by atoms with Crippen molar-refractivity contribution in [3.63, 3.8) is 0 Å². The fraction of sp³-hybridized carbons (Fsp3) is 0.211. The molecule has 28 heavy (non-hydrogen) atoms. The van der Waals surface area contributed by atoms with E-state index in [0.717, 1.165) is 12.0 Å². The molecule has 2 aromatic rings. The fourth-order valence-corrected chi connectivity index (χ4v) is 2.93. The van der Waals surface area contributed by atoms with E-state index in [0.29, 0.717) is 36.0 Å². The maximum absolute atomic E-state index is 12.7. The molecule has 2 heterocycles. The van der Waals surface area contributed by atoms with E-state index in [9.17, 15) is 14.4 Å². The highest BCUT2D eigenvalue weighted by Gasteiger charge is 2.27. The zero-order valence-corrected chi connectivity index (χ0v) is 15.6. The highest BCUT2D eigenvalue weighted by molar-refractivity contribution is 6.30. The summed E-state index contributed by atoms with van der Waals surface area (Å²) in [6.45, 7) is 1.19. The number of nitrogens with zero attached hydrogens (tertiary/aromatic N) is 3. The van der Waals surface area contributed by atoms with Gasteiger partial charge in [0.1, 0.15) is 0 Å². The van der Waals surface area contributed by atoms with Crippen molar-refractivity contribution >= 4 is 41.8 Å². The number of halogens is 1. The molecule has 1 aliphatic heterocycles. The third-order valence-corrected chi connectivity index (χ3v) is 4.41. The second-order valence-corrected chi connectivity index (χ2v) is 6.62. The van der Waals surface area contributed by atoms with Crippen LogP contribution >= 0.6 is 11.6 Å². The zero-order valence-electron chi connectivity index (χ0n) is 14.8. The highest BCUT2D eigenvalue weighted by atomic mass is 35.5. The minimum Gasteiger partial charge on any atom is -0.350 e. The molecule has 1 aromatic heterocycles. The molecule has 1 atom stereocenters. The van der Waals surface area contributed by atoms with Crippen molar-refractivity contribution in [2.45, 2.75) is 12.5 Å². The first-order chi connectivity index (χ1) is 13.5. The van der Waals surface area contributed by atoms with Gasteiger partial charge in [0, 0.05) is 30.8 Å². The van der Waals surface area contributed by atoms with Gasteiger partial charge in [-0.2, -0.15) is 0 Å². The van der Waals surface area contributed by atoms with Crippen LogP contribution in [0, 0.1) is 0 Å². The van der Waals surface area contributed by atoms with Gasteiger partial charge < -0.3 is 10.2 Å². The molecule has 1 saturated heterocycles. The molecular formula is C19H18ClN5O3. The number of benzene rings is 1. The van der Waals surface area contributed by atoms with Crippen molar-refractivity contribution in [1.82, 2.24) is 20.2 Å². The minimum atomic E-state index is -0.504. The third-order valence-electron chi connectivity index (χ3n) is 4.21. The Morgan fingerprint density at radius 2 is 1.89 bits per heavy atom. The molecule has 2 N–H and O–H groups in total. The van der Waals surface area contributed by atoms with E-state index in [-0.39, 0.29) is 11.9 Å². The first kappa shape index (κ1) is 19.5. The lowest BCUT2D eigenvalue weighted by Gasteiger charge is -2.17. The van der Waals surface area contributed by atoms with Crippen LogP contribution in [0.4, 0.5) is 5.95 Å². The number of hydrogen-bond donors (Lipinski definition) is 2. The molecule has 0 saturated carbocycles. The van der Waals surface area contributed by atoms with Gasteiger partial charge in [-0.15, -0.1) is 0 Å². The molecule has 0 spiro atoms. The molecule has 0 unspecified atom stereocenters. The highest BCUT2D eigenvalue weighted by Crippen LogP contribution is 2.17. The summed E-state index contributed by atoms with van der Waals surface area (Å²) in [5.74, 6) is -0.0792. The van der Waals surface area contributed by atoms with Gasteiger partial charge in [0.05, 0.1) is 17.4 Å². The molecule has 3 rings (SSSR count). The van der Waals surface area contributed by atoms with Crippen LogP contribution < -0.4 is 10.6 Å². The van der Waals surface area contributed by atoms with Crippen LogP contribution in [0.15, 0.2) is 42.7 Å². The van der Waals surface area contributed by atoms with Crippen LogP contribution in [0.5, 0.6) is 0 Å². The van der Waals surface area contributed by atoms with Crippen molar-refractivity contribution in [3.05, 3.63) is 58.9 Å². The van der Waals surface area contributed by atoms with E-state index < -0.39 is 5.91 Å². The van der Waals surface area contributed by atoms with E-state index in [1.807, 2.05) is 5.32 Å². The second-order valence-electron chi connectivity index (χ2n) is 6.19. The summed E-state index contributed by atoms with van der Waals surface area (Å²) < 4.78 is 0. The molecule has 0 radical (unpaired) electrons. The fourth-order valence-electron chi connectivity index (χ4n) is 2.83. The molecular weight excluding hydrogens is 382 g/mol. The topological polar surface area (TPSA) is 104 Å².